The molecular weight excluding hydrogens is 370 g/mol. The standard InChI is InChI=1S/C22H29N3O4/c1-14-7-6-8-15(2)20(14)23-18(26)13-24(3)19(27)11-12-25-21(28)16-9-4-5-10-17(16)22(25)29/h6-8,16-17H,4-5,9-13H2,1-3H3,(H,23,26)/t16-,17+. The van der Waals surface area contributed by atoms with Crippen LogP contribution in [0.3, 0.4) is 0 Å². The van der Waals surface area contributed by atoms with E-state index in [0.29, 0.717) is 0 Å². The summed E-state index contributed by atoms with van der Waals surface area (Å²) in [6, 6.07) is 5.76. The van der Waals surface area contributed by atoms with E-state index in [0.717, 1.165) is 42.5 Å². The molecule has 2 aliphatic rings. The molecule has 29 heavy (non-hydrogen) atoms. The average molecular weight is 399 g/mol. The molecule has 156 valence electrons. The Hall–Kier alpha value is -2.70. The molecule has 2 atom stereocenters. The highest BCUT2D eigenvalue weighted by atomic mass is 16.2. The molecule has 1 aliphatic heterocycles. The first-order valence-corrected chi connectivity index (χ1v) is 10.2. The van der Waals surface area contributed by atoms with Crippen molar-refractivity contribution in [2.24, 2.45) is 11.8 Å². The van der Waals surface area contributed by atoms with E-state index in [1.165, 1.54) is 9.80 Å². The highest BCUT2D eigenvalue weighted by molar-refractivity contribution is 6.05. The molecule has 1 aromatic carbocycles. The van der Waals surface area contributed by atoms with Crippen molar-refractivity contribution in [3.05, 3.63) is 29.3 Å². The maximum atomic E-state index is 12.5. The van der Waals surface area contributed by atoms with Gasteiger partial charge in [0.15, 0.2) is 0 Å². The number of hydrogen-bond donors (Lipinski definition) is 1. The molecule has 7 heteroatoms. The zero-order valence-electron chi connectivity index (χ0n) is 17.4. The lowest BCUT2D eigenvalue weighted by Crippen LogP contribution is -2.38. The van der Waals surface area contributed by atoms with Gasteiger partial charge in [-0.05, 0) is 37.8 Å². The van der Waals surface area contributed by atoms with Gasteiger partial charge in [-0.3, -0.25) is 24.1 Å². The van der Waals surface area contributed by atoms with Gasteiger partial charge in [-0.25, -0.2) is 0 Å². The Morgan fingerprint density at radius 2 is 1.62 bits per heavy atom. The van der Waals surface area contributed by atoms with Gasteiger partial charge in [0.1, 0.15) is 0 Å². The van der Waals surface area contributed by atoms with Gasteiger partial charge in [-0.2, -0.15) is 0 Å². The molecule has 4 amide bonds. The summed E-state index contributed by atoms with van der Waals surface area (Å²) in [5.41, 5.74) is 2.67. The number of amides is 4. The second-order valence-corrected chi connectivity index (χ2v) is 8.14. The number of carbonyl (C=O) groups is 4. The van der Waals surface area contributed by atoms with E-state index in [1.807, 2.05) is 32.0 Å². The predicted octanol–water partition coefficient (Wildman–Crippen LogP) is 2.27. The number of rotatable bonds is 6. The zero-order chi connectivity index (χ0) is 21.1. The number of para-hydroxylation sites is 1. The van der Waals surface area contributed by atoms with E-state index in [-0.39, 0.29) is 55.0 Å². The molecule has 0 radical (unpaired) electrons. The molecule has 7 nitrogen and oxygen atoms in total. The molecule has 3 rings (SSSR count). The number of hydrogen-bond acceptors (Lipinski definition) is 4. The van der Waals surface area contributed by atoms with E-state index in [1.54, 1.807) is 7.05 Å². The van der Waals surface area contributed by atoms with Crippen molar-refractivity contribution >= 4 is 29.3 Å². The van der Waals surface area contributed by atoms with Gasteiger partial charge >= 0.3 is 0 Å². The number of carbonyl (C=O) groups excluding carboxylic acids is 4. The van der Waals surface area contributed by atoms with Gasteiger partial charge in [0.25, 0.3) is 0 Å². The monoisotopic (exact) mass is 399 g/mol. The third-order valence-electron chi connectivity index (χ3n) is 6.03. The Balaban J connectivity index is 1.51. The molecular formula is C22H29N3O4. The fraction of sp³-hybridized carbons (Fsp3) is 0.545. The molecule has 0 unspecified atom stereocenters. The van der Waals surface area contributed by atoms with Crippen molar-refractivity contribution in [1.29, 1.82) is 0 Å². The van der Waals surface area contributed by atoms with Crippen LogP contribution in [0.15, 0.2) is 18.2 Å². The van der Waals surface area contributed by atoms with Crippen LogP contribution in [0.2, 0.25) is 0 Å². The van der Waals surface area contributed by atoms with Crippen molar-refractivity contribution in [1.82, 2.24) is 9.80 Å². The summed E-state index contributed by atoms with van der Waals surface area (Å²) < 4.78 is 0. The summed E-state index contributed by atoms with van der Waals surface area (Å²) in [5.74, 6) is -1.22. The quantitative estimate of drug-likeness (QED) is 0.744. The number of benzene rings is 1. The van der Waals surface area contributed by atoms with Gasteiger partial charge in [0, 0.05) is 25.7 Å². The van der Waals surface area contributed by atoms with Crippen LogP contribution in [0.1, 0.15) is 43.2 Å². The summed E-state index contributed by atoms with van der Waals surface area (Å²) in [7, 11) is 1.56. The number of likely N-dealkylation sites (tertiary alicyclic amines) is 1. The van der Waals surface area contributed by atoms with Crippen LogP contribution >= 0.6 is 0 Å². The first kappa shape index (κ1) is 21.0. The zero-order valence-corrected chi connectivity index (χ0v) is 17.4. The molecule has 0 aromatic heterocycles. The lowest BCUT2D eigenvalue weighted by molar-refractivity contribution is -0.141. The third kappa shape index (κ3) is 4.49. The SMILES string of the molecule is Cc1cccc(C)c1NC(=O)CN(C)C(=O)CCN1C(=O)[C@H]2CCCC[C@H]2C1=O. The maximum Gasteiger partial charge on any atom is 0.243 e. The van der Waals surface area contributed by atoms with E-state index in [9.17, 15) is 19.2 Å². The summed E-state index contributed by atoms with van der Waals surface area (Å²) in [4.78, 5) is 52.4. The van der Waals surface area contributed by atoms with E-state index in [4.69, 9.17) is 0 Å². The molecule has 0 bridgehead atoms. The van der Waals surface area contributed by atoms with E-state index >= 15 is 0 Å². The molecule has 0 spiro atoms. The van der Waals surface area contributed by atoms with E-state index < -0.39 is 0 Å². The lowest BCUT2D eigenvalue weighted by Gasteiger charge is -2.20. The minimum Gasteiger partial charge on any atom is -0.336 e. The molecule has 1 saturated carbocycles. The van der Waals surface area contributed by atoms with Crippen LogP contribution in [-0.4, -0.2) is 53.6 Å². The number of imide groups is 1. The average Bonchev–Trinajstić information content (AvgIpc) is 2.93. The summed E-state index contributed by atoms with van der Waals surface area (Å²) >= 11 is 0. The maximum absolute atomic E-state index is 12.5. The Labute approximate surface area is 171 Å². The Morgan fingerprint density at radius 3 is 2.17 bits per heavy atom. The Kier molecular flexibility index (Phi) is 6.35. The molecule has 1 heterocycles. The molecule has 2 fully saturated rings. The van der Waals surface area contributed by atoms with Crippen LogP contribution in [0.25, 0.3) is 0 Å². The van der Waals surface area contributed by atoms with Crippen LogP contribution in [0.5, 0.6) is 0 Å². The first-order chi connectivity index (χ1) is 13.8. The number of fused-ring (bicyclic) bond motifs is 1. The van der Waals surface area contributed by atoms with Gasteiger partial charge in [-0.15, -0.1) is 0 Å². The molecule has 1 aliphatic carbocycles. The van der Waals surface area contributed by atoms with Crippen LogP contribution < -0.4 is 5.32 Å². The normalized spacial score (nSPS) is 21.1. The van der Waals surface area contributed by atoms with E-state index in [2.05, 4.69) is 5.32 Å². The van der Waals surface area contributed by atoms with Crippen LogP contribution in [0, 0.1) is 25.7 Å². The minimum absolute atomic E-state index is 0.0318. The number of nitrogens with zero attached hydrogens (tertiary/aromatic N) is 2. The van der Waals surface area contributed by atoms with Crippen molar-refractivity contribution in [2.45, 2.75) is 46.0 Å². The number of likely N-dealkylation sites (N-methyl/N-ethyl adjacent to an activating group) is 1. The fourth-order valence-corrected chi connectivity index (χ4v) is 4.34. The van der Waals surface area contributed by atoms with Gasteiger partial charge < -0.3 is 10.2 Å². The van der Waals surface area contributed by atoms with Crippen molar-refractivity contribution in [2.75, 3.05) is 25.5 Å². The van der Waals surface area contributed by atoms with Gasteiger partial charge in [0.2, 0.25) is 23.6 Å². The Bertz CT molecular complexity index is 791. The summed E-state index contributed by atoms with van der Waals surface area (Å²) in [6.07, 6.45) is 3.51. The van der Waals surface area contributed by atoms with Crippen molar-refractivity contribution < 1.29 is 19.2 Å². The fourth-order valence-electron chi connectivity index (χ4n) is 4.34. The van der Waals surface area contributed by atoms with Gasteiger partial charge in [-0.1, -0.05) is 31.0 Å². The summed E-state index contributed by atoms with van der Waals surface area (Å²) in [6.45, 7) is 3.84. The number of anilines is 1. The molecule has 1 saturated heterocycles. The Morgan fingerprint density at radius 1 is 1.07 bits per heavy atom. The highest BCUT2D eigenvalue weighted by Crippen LogP contribution is 2.38. The minimum atomic E-state index is -0.280. The second kappa shape index (κ2) is 8.76. The van der Waals surface area contributed by atoms with Crippen LogP contribution in [-0.2, 0) is 19.2 Å². The predicted molar refractivity (Wildman–Crippen MR) is 109 cm³/mol. The summed E-state index contributed by atoms with van der Waals surface area (Å²) in [5, 5.41) is 2.86. The third-order valence-corrected chi connectivity index (χ3v) is 6.03. The molecule has 1 aromatic rings. The highest BCUT2D eigenvalue weighted by Gasteiger charge is 2.47. The topological polar surface area (TPSA) is 86.8 Å². The van der Waals surface area contributed by atoms with Crippen LogP contribution in [0.4, 0.5) is 5.69 Å². The molecule has 1 N–H and O–H groups in total. The second-order valence-electron chi connectivity index (χ2n) is 8.14. The van der Waals surface area contributed by atoms with Crippen molar-refractivity contribution in [3.8, 4) is 0 Å². The first-order valence-electron chi connectivity index (χ1n) is 10.2. The number of aryl methyl sites for hydroxylation is 2. The van der Waals surface area contributed by atoms with Crippen molar-refractivity contribution in [3.63, 3.8) is 0 Å². The largest absolute Gasteiger partial charge is 0.336 e. The van der Waals surface area contributed by atoms with Gasteiger partial charge in [0.05, 0.1) is 18.4 Å². The smallest absolute Gasteiger partial charge is 0.243 e. The number of nitrogens with one attached hydrogen (secondary N) is 1. The lowest BCUT2D eigenvalue weighted by atomic mass is 9.81.